The zero-order valence-electron chi connectivity index (χ0n) is 10.7. The Bertz CT molecular complexity index is 434. The van der Waals surface area contributed by atoms with Gasteiger partial charge >= 0.3 is 5.97 Å². The Morgan fingerprint density at radius 1 is 1.47 bits per heavy atom. The lowest BCUT2D eigenvalue weighted by atomic mass is 10.5. The number of methoxy groups -OCH3 is 1. The molecule has 106 valence electrons. The Balaban J connectivity index is 1.96. The van der Waals surface area contributed by atoms with E-state index in [1.54, 1.807) is 7.11 Å². The monoisotopic (exact) mass is 287 g/mol. The molecule has 8 heteroatoms. The smallest absolute Gasteiger partial charge is 0.313 e. The Morgan fingerprint density at radius 2 is 2.26 bits per heavy atom. The van der Waals surface area contributed by atoms with Crippen LogP contribution < -0.4 is 0 Å². The number of rotatable bonds is 9. The summed E-state index contributed by atoms with van der Waals surface area (Å²) in [6, 6.07) is 0.396. The normalized spacial score (nSPS) is 14.8. The largest absolute Gasteiger partial charge is 0.481 e. The molecule has 0 bridgehead atoms. The lowest BCUT2D eigenvalue weighted by Gasteiger charge is -2.08. The van der Waals surface area contributed by atoms with E-state index in [9.17, 15) is 4.79 Å². The van der Waals surface area contributed by atoms with E-state index in [1.165, 1.54) is 11.8 Å². The molecule has 0 radical (unpaired) electrons. The van der Waals surface area contributed by atoms with Gasteiger partial charge < -0.3 is 19.1 Å². The second-order valence-corrected chi connectivity index (χ2v) is 5.17. The van der Waals surface area contributed by atoms with Crippen LogP contribution in [0.25, 0.3) is 0 Å². The molecule has 1 aliphatic rings. The minimum atomic E-state index is -0.853. The first-order valence-corrected chi connectivity index (χ1v) is 7.06. The first-order valence-electron chi connectivity index (χ1n) is 6.07. The van der Waals surface area contributed by atoms with E-state index in [1.807, 2.05) is 4.57 Å². The van der Waals surface area contributed by atoms with Gasteiger partial charge in [-0.3, -0.25) is 4.79 Å². The van der Waals surface area contributed by atoms with Crippen molar-refractivity contribution in [3.63, 3.8) is 0 Å². The van der Waals surface area contributed by atoms with Gasteiger partial charge in [0.25, 0.3) is 0 Å². The van der Waals surface area contributed by atoms with Crippen molar-refractivity contribution in [2.45, 2.75) is 30.6 Å². The molecule has 1 aliphatic carbocycles. The molecule has 2 rings (SSSR count). The van der Waals surface area contributed by atoms with Gasteiger partial charge in [-0.1, -0.05) is 11.8 Å². The predicted octanol–water partition coefficient (Wildman–Crippen LogP) is 0.953. The van der Waals surface area contributed by atoms with E-state index >= 15 is 0 Å². The molecule has 0 spiro atoms. The number of nitrogens with zero attached hydrogens (tertiary/aromatic N) is 3. The minimum absolute atomic E-state index is 0.00458. The van der Waals surface area contributed by atoms with Crippen LogP contribution in [0.4, 0.5) is 0 Å². The van der Waals surface area contributed by atoms with Crippen LogP contribution in [0.3, 0.4) is 0 Å². The van der Waals surface area contributed by atoms with Crippen LogP contribution in [0.1, 0.15) is 24.7 Å². The molecule has 1 N–H and O–H groups in total. The third-order valence-corrected chi connectivity index (χ3v) is 3.56. The highest BCUT2D eigenvalue weighted by Gasteiger charge is 2.29. The molecule has 0 amide bonds. The van der Waals surface area contributed by atoms with Gasteiger partial charge in [0.2, 0.25) is 0 Å². The fraction of sp³-hybridized carbons (Fsp3) is 0.727. The SMILES string of the molecule is COCCOCc1nnc(SCC(=O)O)n1C1CC1. The van der Waals surface area contributed by atoms with Crippen molar-refractivity contribution in [2.24, 2.45) is 0 Å². The molecule has 0 saturated heterocycles. The van der Waals surface area contributed by atoms with Crippen molar-refractivity contribution in [3.8, 4) is 0 Å². The Hall–Kier alpha value is -1.12. The molecule has 1 aromatic rings. The van der Waals surface area contributed by atoms with Crippen molar-refractivity contribution in [1.29, 1.82) is 0 Å². The summed E-state index contributed by atoms with van der Waals surface area (Å²) >= 11 is 1.20. The van der Waals surface area contributed by atoms with Crippen molar-refractivity contribution in [1.82, 2.24) is 14.8 Å². The van der Waals surface area contributed by atoms with Gasteiger partial charge in [-0.25, -0.2) is 0 Å². The van der Waals surface area contributed by atoms with Gasteiger partial charge in [0.15, 0.2) is 11.0 Å². The average Bonchev–Trinajstić information content (AvgIpc) is 3.14. The number of carboxylic acids is 1. The standard InChI is InChI=1S/C11H17N3O4S/c1-17-4-5-18-6-9-12-13-11(19-7-10(15)16)14(9)8-2-3-8/h8H,2-7H2,1H3,(H,15,16). The first kappa shape index (κ1) is 14.3. The number of carboxylic acid groups (broad SMARTS) is 1. The molecule has 19 heavy (non-hydrogen) atoms. The Morgan fingerprint density at radius 3 is 2.89 bits per heavy atom. The molecule has 0 aliphatic heterocycles. The van der Waals surface area contributed by atoms with Crippen molar-refractivity contribution < 1.29 is 19.4 Å². The molecular formula is C11H17N3O4S. The molecule has 1 heterocycles. The molecule has 0 unspecified atom stereocenters. The molecule has 1 fully saturated rings. The van der Waals surface area contributed by atoms with Gasteiger partial charge in [-0.15, -0.1) is 10.2 Å². The summed E-state index contributed by atoms with van der Waals surface area (Å²) < 4.78 is 12.3. The van der Waals surface area contributed by atoms with Crippen LogP contribution in [0.2, 0.25) is 0 Å². The summed E-state index contributed by atoms with van der Waals surface area (Å²) in [6.07, 6.45) is 2.17. The van der Waals surface area contributed by atoms with Crippen molar-refractivity contribution >= 4 is 17.7 Å². The summed E-state index contributed by atoms with van der Waals surface area (Å²) in [5.41, 5.74) is 0. The minimum Gasteiger partial charge on any atom is -0.481 e. The maximum Gasteiger partial charge on any atom is 0.313 e. The van der Waals surface area contributed by atoms with Crippen molar-refractivity contribution in [3.05, 3.63) is 5.82 Å². The summed E-state index contributed by atoms with van der Waals surface area (Å²) in [4.78, 5) is 10.6. The summed E-state index contributed by atoms with van der Waals surface area (Å²) in [7, 11) is 1.62. The first-order chi connectivity index (χ1) is 9.22. The van der Waals surface area contributed by atoms with Crippen LogP contribution in [0, 0.1) is 0 Å². The highest BCUT2D eigenvalue weighted by atomic mass is 32.2. The number of hydrogen-bond acceptors (Lipinski definition) is 6. The lowest BCUT2D eigenvalue weighted by Crippen LogP contribution is -2.08. The number of aromatic nitrogens is 3. The van der Waals surface area contributed by atoms with Gasteiger partial charge in [0.05, 0.1) is 19.0 Å². The lowest BCUT2D eigenvalue weighted by molar-refractivity contribution is -0.133. The quantitative estimate of drug-likeness (QED) is 0.534. The van der Waals surface area contributed by atoms with E-state index in [0.717, 1.165) is 18.7 Å². The summed E-state index contributed by atoms with van der Waals surface area (Å²) in [5, 5.41) is 17.5. The fourth-order valence-corrected chi connectivity index (χ4v) is 2.38. The Kier molecular flexibility index (Phi) is 5.17. The average molecular weight is 287 g/mol. The molecule has 1 saturated carbocycles. The Labute approximate surface area is 115 Å². The topological polar surface area (TPSA) is 86.5 Å². The van der Waals surface area contributed by atoms with Crippen LogP contribution in [-0.2, 0) is 20.9 Å². The fourth-order valence-electron chi connectivity index (χ4n) is 1.64. The van der Waals surface area contributed by atoms with Gasteiger partial charge in [0.1, 0.15) is 6.61 Å². The van der Waals surface area contributed by atoms with Gasteiger partial charge in [-0.2, -0.15) is 0 Å². The zero-order valence-corrected chi connectivity index (χ0v) is 11.6. The van der Waals surface area contributed by atoms with Crippen molar-refractivity contribution in [2.75, 3.05) is 26.1 Å². The van der Waals surface area contributed by atoms with Crippen LogP contribution in [0.5, 0.6) is 0 Å². The van der Waals surface area contributed by atoms with Crippen LogP contribution >= 0.6 is 11.8 Å². The number of hydrogen-bond donors (Lipinski definition) is 1. The van der Waals surface area contributed by atoms with E-state index in [-0.39, 0.29) is 5.75 Å². The number of aliphatic carboxylic acids is 1. The highest BCUT2D eigenvalue weighted by molar-refractivity contribution is 7.99. The second kappa shape index (κ2) is 6.88. The zero-order chi connectivity index (χ0) is 13.7. The maximum atomic E-state index is 10.6. The van der Waals surface area contributed by atoms with Gasteiger partial charge in [-0.05, 0) is 12.8 Å². The molecule has 1 aromatic heterocycles. The number of carbonyl (C=O) groups is 1. The molecule has 0 aromatic carbocycles. The van der Waals surface area contributed by atoms with E-state index in [2.05, 4.69) is 10.2 Å². The molecule has 7 nitrogen and oxygen atoms in total. The third kappa shape index (κ3) is 4.19. The number of thioether (sulfide) groups is 1. The van der Waals surface area contributed by atoms with E-state index in [4.69, 9.17) is 14.6 Å². The number of ether oxygens (including phenoxy) is 2. The van der Waals surface area contributed by atoms with Gasteiger partial charge in [0, 0.05) is 13.2 Å². The third-order valence-electron chi connectivity index (χ3n) is 2.63. The van der Waals surface area contributed by atoms with Crippen LogP contribution in [0.15, 0.2) is 5.16 Å². The van der Waals surface area contributed by atoms with E-state index in [0.29, 0.717) is 31.0 Å². The summed E-state index contributed by atoms with van der Waals surface area (Å²) in [5.74, 6) is -0.102. The predicted molar refractivity (Wildman–Crippen MR) is 68.2 cm³/mol. The highest BCUT2D eigenvalue weighted by Crippen LogP contribution is 2.38. The molecular weight excluding hydrogens is 270 g/mol. The van der Waals surface area contributed by atoms with E-state index < -0.39 is 5.97 Å². The summed E-state index contributed by atoms with van der Waals surface area (Å²) in [6.45, 7) is 1.42. The maximum absolute atomic E-state index is 10.6. The second-order valence-electron chi connectivity index (χ2n) is 4.23. The van der Waals surface area contributed by atoms with Crippen LogP contribution in [-0.4, -0.2) is 51.9 Å². The molecule has 0 atom stereocenters.